The molecule has 1 fully saturated rings. The molecule has 1 aliphatic rings. The number of hydrogen-bond donors (Lipinski definition) is 1. The zero-order valence-corrected chi connectivity index (χ0v) is 15.7. The van der Waals surface area contributed by atoms with Gasteiger partial charge in [0, 0.05) is 42.8 Å². The molecule has 0 spiro atoms. The number of nitrogen functional groups attached to an aromatic ring is 1. The normalized spacial score (nSPS) is 15.3. The molecule has 6 nitrogen and oxygen atoms in total. The van der Waals surface area contributed by atoms with Crippen LogP contribution in [0.25, 0.3) is 11.3 Å². The van der Waals surface area contributed by atoms with Crippen LogP contribution in [0.2, 0.25) is 0 Å². The van der Waals surface area contributed by atoms with Gasteiger partial charge < -0.3 is 20.3 Å². The van der Waals surface area contributed by atoms with E-state index in [0.29, 0.717) is 18.2 Å². The van der Waals surface area contributed by atoms with E-state index in [1.165, 1.54) is 11.3 Å². The second-order valence-corrected chi connectivity index (χ2v) is 7.97. The molecule has 0 atom stereocenters. The first-order valence-electron chi connectivity index (χ1n) is 8.36. The van der Waals surface area contributed by atoms with Gasteiger partial charge in [0.25, 0.3) is 0 Å². The van der Waals surface area contributed by atoms with Crippen LogP contribution in [0, 0.1) is 0 Å². The molecule has 0 radical (unpaired) electrons. The monoisotopic (exact) mass is 360 g/mol. The Balaban J connectivity index is 1.64. The molecule has 7 heteroatoms. The molecule has 0 unspecified atom stereocenters. The smallest absolute Gasteiger partial charge is 0.410 e. The second kappa shape index (κ2) is 6.92. The Hall–Kier alpha value is -2.28. The average Bonchev–Trinajstić information content (AvgIpc) is 3.00. The average molecular weight is 360 g/mol. The van der Waals surface area contributed by atoms with E-state index in [1.807, 2.05) is 38.3 Å². The number of ether oxygens (including phenoxy) is 1. The molecular weight excluding hydrogens is 336 g/mol. The van der Waals surface area contributed by atoms with E-state index in [1.54, 1.807) is 4.90 Å². The zero-order chi connectivity index (χ0) is 18.0. The Bertz CT molecular complexity index is 746. The predicted molar refractivity (Wildman–Crippen MR) is 102 cm³/mol. The maximum atomic E-state index is 12.2. The summed E-state index contributed by atoms with van der Waals surface area (Å²) in [6, 6.07) is 8.27. The lowest BCUT2D eigenvalue weighted by atomic mass is 10.1. The largest absolute Gasteiger partial charge is 0.444 e. The zero-order valence-electron chi connectivity index (χ0n) is 14.9. The molecule has 2 N–H and O–H groups in total. The fraction of sp³-hybridized carbons (Fsp3) is 0.444. The number of carbonyl (C=O) groups is 1. The van der Waals surface area contributed by atoms with E-state index in [-0.39, 0.29) is 6.09 Å². The molecule has 1 saturated heterocycles. The first-order valence-corrected chi connectivity index (χ1v) is 9.24. The number of benzene rings is 1. The molecule has 3 rings (SSSR count). The first kappa shape index (κ1) is 17.5. The lowest BCUT2D eigenvalue weighted by molar-refractivity contribution is 0.0240. The third-order valence-electron chi connectivity index (χ3n) is 3.96. The summed E-state index contributed by atoms with van der Waals surface area (Å²) in [5, 5.41) is 2.54. The van der Waals surface area contributed by atoms with Gasteiger partial charge in [-0.3, -0.25) is 0 Å². The predicted octanol–water partition coefficient (Wildman–Crippen LogP) is 3.45. The summed E-state index contributed by atoms with van der Waals surface area (Å²) < 4.78 is 5.45. The van der Waals surface area contributed by atoms with Gasteiger partial charge in [0.1, 0.15) is 5.60 Å². The Morgan fingerprint density at radius 2 is 1.96 bits per heavy atom. The molecule has 134 valence electrons. The molecule has 1 amide bonds. The maximum Gasteiger partial charge on any atom is 0.410 e. The SMILES string of the molecule is CC(C)(C)OC(=O)N1CCN(c2cccc(-c3csc(N)n3)c2)CC1. The molecule has 0 saturated carbocycles. The van der Waals surface area contributed by atoms with Gasteiger partial charge in [-0.2, -0.15) is 0 Å². The van der Waals surface area contributed by atoms with Gasteiger partial charge in [-0.1, -0.05) is 12.1 Å². The second-order valence-electron chi connectivity index (χ2n) is 7.08. The molecule has 1 aromatic heterocycles. The standard InChI is InChI=1S/C18H24N4O2S/c1-18(2,3)24-17(23)22-9-7-21(8-10-22)14-6-4-5-13(11-14)15-12-25-16(19)20-15/h4-6,11-12H,7-10H2,1-3H3,(H2,19,20). The number of amides is 1. The van der Waals surface area contributed by atoms with Crippen molar-refractivity contribution < 1.29 is 9.53 Å². The molecule has 0 bridgehead atoms. The van der Waals surface area contributed by atoms with Crippen molar-refractivity contribution in [1.29, 1.82) is 0 Å². The summed E-state index contributed by atoms with van der Waals surface area (Å²) in [4.78, 5) is 20.6. The van der Waals surface area contributed by atoms with Crippen molar-refractivity contribution in [2.24, 2.45) is 0 Å². The van der Waals surface area contributed by atoms with Crippen molar-refractivity contribution in [2.75, 3.05) is 36.8 Å². The minimum atomic E-state index is -0.460. The number of anilines is 2. The van der Waals surface area contributed by atoms with Gasteiger partial charge in [-0.15, -0.1) is 11.3 Å². The summed E-state index contributed by atoms with van der Waals surface area (Å²) in [5.74, 6) is 0. The summed E-state index contributed by atoms with van der Waals surface area (Å²) >= 11 is 1.44. The van der Waals surface area contributed by atoms with Crippen LogP contribution in [-0.4, -0.2) is 47.8 Å². The lowest BCUT2D eigenvalue weighted by Crippen LogP contribution is -2.50. The van der Waals surface area contributed by atoms with E-state index < -0.39 is 5.60 Å². The van der Waals surface area contributed by atoms with E-state index in [0.717, 1.165) is 30.0 Å². The van der Waals surface area contributed by atoms with Crippen LogP contribution >= 0.6 is 11.3 Å². The van der Waals surface area contributed by atoms with Gasteiger partial charge >= 0.3 is 6.09 Å². The molecule has 1 aliphatic heterocycles. The number of thiazole rings is 1. The Morgan fingerprint density at radius 1 is 1.24 bits per heavy atom. The van der Waals surface area contributed by atoms with Crippen LogP contribution in [0.3, 0.4) is 0 Å². The number of piperazine rings is 1. The highest BCUT2D eigenvalue weighted by Gasteiger charge is 2.26. The minimum Gasteiger partial charge on any atom is -0.444 e. The van der Waals surface area contributed by atoms with Gasteiger partial charge in [0.2, 0.25) is 0 Å². The van der Waals surface area contributed by atoms with Crippen LogP contribution < -0.4 is 10.6 Å². The summed E-state index contributed by atoms with van der Waals surface area (Å²) in [5.41, 5.74) is 8.36. The molecule has 0 aliphatic carbocycles. The van der Waals surface area contributed by atoms with Crippen molar-refractivity contribution in [1.82, 2.24) is 9.88 Å². The third kappa shape index (κ3) is 4.42. The Morgan fingerprint density at radius 3 is 2.56 bits per heavy atom. The number of nitrogens with zero attached hydrogens (tertiary/aromatic N) is 3. The van der Waals surface area contributed by atoms with Gasteiger partial charge in [-0.25, -0.2) is 9.78 Å². The molecule has 25 heavy (non-hydrogen) atoms. The van der Waals surface area contributed by atoms with Crippen LogP contribution in [0.4, 0.5) is 15.6 Å². The summed E-state index contributed by atoms with van der Waals surface area (Å²) in [6.07, 6.45) is -0.237. The van der Waals surface area contributed by atoms with E-state index in [9.17, 15) is 4.79 Å². The highest BCUT2D eigenvalue weighted by molar-refractivity contribution is 7.13. The van der Waals surface area contributed by atoms with E-state index in [4.69, 9.17) is 10.5 Å². The number of aromatic nitrogens is 1. The van der Waals surface area contributed by atoms with E-state index in [2.05, 4.69) is 22.0 Å². The highest BCUT2D eigenvalue weighted by atomic mass is 32.1. The molecular formula is C18H24N4O2S. The van der Waals surface area contributed by atoms with Crippen LogP contribution in [0.5, 0.6) is 0 Å². The summed E-state index contributed by atoms with van der Waals surface area (Å²) in [7, 11) is 0. The van der Waals surface area contributed by atoms with Crippen molar-refractivity contribution in [3.63, 3.8) is 0 Å². The van der Waals surface area contributed by atoms with Crippen molar-refractivity contribution in [2.45, 2.75) is 26.4 Å². The molecule has 2 heterocycles. The minimum absolute atomic E-state index is 0.237. The van der Waals surface area contributed by atoms with Crippen molar-refractivity contribution in [3.05, 3.63) is 29.6 Å². The molecule has 2 aromatic rings. The fourth-order valence-electron chi connectivity index (χ4n) is 2.76. The molecule has 1 aromatic carbocycles. The van der Waals surface area contributed by atoms with Gasteiger partial charge in [0.05, 0.1) is 5.69 Å². The topological polar surface area (TPSA) is 71.7 Å². The van der Waals surface area contributed by atoms with Crippen molar-refractivity contribution >= 4 is 28.2 Å². The van der Waals surface area contributed by atoms with Gasteiger partial charge in [-0.05, 0) is 32.9 Å². The highest BCUT2D eigenvalue weighted by Crippen LogP contribution is 2.27. The number of carbonyl (C=O) groups excluding carboxylic acids is 1. The quantitative estimate of drug-likeness (QED) is 0.888. The third-order valence-corrected chi connectivity index (χ3v) is 4.63. The Kier molecular flexibility index (Phi) is 4.85. The van der Waals surface area contributed by atoms with Crippen LogP contribution in [0.1, 0.15) is 20.8 Å². The number of nitrogens with two attached hydrogens (primary N) is 1. The van der Waals surface area contributed by atoms with E-state index >= 15 is 0 Å². The van der Waals surface area contributed by atoms with Crippen molar-refractivity contribution in [3.8, 4) is 11.3 Å². The lowest BCUT2D eigenvalue weighted by Gasteiger charge is -2.36. The van der Waals surface area contributed by atoms with Crippen LogP contribution in [0.15, 0.2) is 29.6 Å². The fourth-order valence-corrected chi connectivity index (χ4v) is 3.33. The first-order chi connectivity index (χ1) is 11.8. The number of rotatable bonds is 2. The van der Waals surface area contributed by atoms with Gasteiger partial charge in [0.15, 0.2) is 5.13 Å². The maximum absolute atomic E-state index is 12.2. The Labute approximate surface area is 152 Å². The van der Waals surface area contributed by atoms with Crippen LogP contribution in [-0.2, 0) is 4.74 Å². The summed E-state index contributed by atoms with van der Waals surface area (Å²) in [6.45, 7) is 8.53. The number of hydrogen-bond acceptors (Lipinski definition) is 6.